The fraction of sp³-hybridized carbons (Fsp3) is 0.231. The van der Waals surface area contributed by atoms with E-state index in [0.29, 0.717) is 0 Å². The molecule has 0 N–H and O–H groups in total. The van der Waals surface area contributed by atoms with Crippen molar-refractivity contribution >= 4 is 11.8 Å². The quantitative estimate of drug-likeness (QED) is 0.597. The highest BCUT2D eigenvalue weighted by Crippen LogP contribution is 2.19. The Kier molecular flexibility index (Phi) is 3.57. The summed E-state index contributed by atoms with van der Waals surface area (Å²) >= 11 is 1.67. The minimum atomic E-state index is 0.852. The molecule has 2 aromatic rings. The van der Waals surface area contributed by atoms with E-state index in [1.807, 2.05) is 32.0 Å². The highest BCUT2D eigenvalue weighted by atomic mass is 32.2. The first-order valence-corrected chi connectivity index (χ1v) is 6.13. The molecule has 1 heterocycles. The molecule has 0 saturated carbocycles. The van der Waals surface area contributed by atoms with Crippen molar-refractivity contribution < 1.29 is 0 Å². The molecule has 3 heteroatoms. The number of aromatic nitrogens is 2. The van der Waals surface area contributed by atoms with Crippen LogP contribution in [0.4, 0.5) is 0 Å². The van der Waals surface area contributed by atoms with Crippen LogP contribution in [0.25, 0.3) is 0 Å². The smallest absolute Gasteiger partial charge is 0.188 e. The van der Waals surface area contributed by atoms with Gasteiger partial charge in [0.25, 0.3) is 0 Å². The van der Waals surface area contributed by atoms with Crippen molar-refractivity contribution in [3.05, 3.63) is 53.3 Å². The molecule has 0 fully saturated rings. The maximum absolute atomic E-state index is 4.39. The lowest BCUT2D eigenvalue weighted by Gasteiger charge is -2.02. The van der Waals surface area contributed by atoms with Gasteiger partial charge in [-0.25, -0.2) is 9.97 Å². The summed E-state index contributed by atoms with van der Waals surface area (Å²) in [6.45, 7) is 3.99. The first kappa shape index (κ1) is 11.1. The van der Waals surface area contributed by atoms with E-state index < -0.39 is 0 Å². The highest BCUT2D eigenvalue weighted by molar-refractivity contribution is 7.98. The molecule has 0 bridgehead atoms. The van der Waals surface area contributed by atoms with Crippen LogP contribution in [-0.4, -0.2) is 9.97 Å². The minimum Gasteiger partial charge on any atom is -0.228 e. The Bertz CT molecular complexity index is 448. The number of nitrogens with zero attached hydrogens (tertiary/aromatic N) is 2. The summed E-state index contributed by atoms with van der Waals surface area (Å²) in [5, 5.41) is 0.852. The Morgan fingerprint density at radius 3 is 2.38 bits per heavy atom. The van der Waals surface area contributed by atoms with Gasteiger partial charge in [0.05, 0.1) is 0 Å². The second-order valence-corrected chi connectivity index (χ2v) is 4.57. The van der Waals surface area contributed by atoms with E-state index in [0.717, 1.165) is 22.3 Å². The molecule has 0 aliphatic rings. The Balaban J connectivity index is 2.05. The standard InChI is InChI=1S/C13H13N2S/c1-10-8-11(2)15-13(14-10)16-9-12-6-4-3-5-7-12/h4-8H,9H2,1-2H3. The van der Waals surface area contributed by atoms with Crippen LogP contribution >= 0.6 is 11.8 Å². The first-order chi connectivity index (χ1) is 7.74. The van der Waals surface area contributed by atoms with Crippen molar-refractivity contribution in [3.63, 3.8) is 0 Å². The molecule has 1 aromatic carbocycles. The molecule has 0 amide bonds. The van der Waals surface area contributed by atoms with Crippen LogP contribution in [-0.2, 0) is 5.75 Å². The maximum atomic E-state index is 4.39. The van der Waals surface area contributed by atoms with Crippen molar-refractivity contribution in [3.8, 4) is 0 Å². The third kappa shape index (κ3) is 3.07. The lowest BCUT2D eigenvalue weighted by molar-refractivity contribution is 0.902. The maximum Gasteiger partial charge on any atom is 0.188 e. The number of aryl methyl sites for hydroxylation is 2. The van der Waals surface area contributed by atoms with E-state index in [2.05, 4.69) is 28.2 Å². The Hall–Kier alpha value is -1.35. The van der Waals surface area contributed by atoms with Gasteiger partial charge in [0.15, 0.2) is 5.16 Å². The van der Waals surface area contributed by atoms with Crippen molar-refractivity contribution in [2.75, 3.05) is 0 Å². The fourth-order valence-corrected chi connectivity index (χ4v) is 2.33. The van der Waals surface area contributed by atoms with Crippen LogP contribution in [0.5, 0.6) is 0 Å². The lowest BCUT2D eigenvalue weighted by atomic mass is 10.2. The predicted molar refractivity (Wildman–Crippen MR) is 66.3 cm³/mol. The molecule has 2 rings (SSSR count). The van der Waals surface area contributed by atoms with Gasteiger partial charge in [0, 0.05) is 17.1 Å². The number of thioether (sulfide) groups is 1. The van der Waals surface area contributed by atoms with Gasteiger partial charge in [0.2, 0.25) is 0 Å². The third-order valence-electron chi connectivity index (χ3n) is 2.12. The topological polar surface area (TPSA) is 25.8 Å². The molecule has 0 unspecified atom stereocenters. The normalized spacial score (nSPS) is 10.4. The van der Waals surface area contributed by atoms with Crippen molar-refractivity contribution in [2.45, 2.75) is 24.8 Å². The molecule has 0 aliphatic heterocycles. The van der Waals surface area contributed by atoms with E-state index in [9.17, 15) is 0 Å². The predicted octanol–water partition coefficient (Wildman–Crippen LogP) is 3.19. The van der Waals surface area contributed by atoms with Gasteiger partial charge in [-0.3, -0.25) is 0 Å². The molecule has 0 saturated heterocycles. The molecule has 16 heavy (non-hydrogen) atoms. The van der Waals surface area contributed by atoms with Gasteiger partial charge < -0.3 is 0 Å². The molecule has 0 atom stereocenters. The average Bonchev–Trinajstić information content (AvgIpc) is 2.27. The second kappa shape index (κ2) is 5.12. The summed E-state index contributed by atoms with van der Waals surface area (Å²) in [6, 6.07) is 13.0. The zero-order chi connectivity index (χ0) is 11.4. The minimum absolute atomic E-state index is 0.852. The van der Waals surface area contributed by atoms with Crippen LogP contribution in [0.3, 0.4) is 0 Å². The average molecular weight is 229 g/mol. The van der Waals surface area contributed by atoms with E-state index >= 15 is 0 Å². The van der Waals surface area contributed by atoms with Crippen LogP contribution in [0.2, 0.25) is 0 Å². The number of hydrogen-bond donors (Lipinski definition) is 0. The third-order valence-corrected chi connectivity index (χ3v) is 3.04. The number of benzene rings is 1. The zero-order valence-corrected chi connectivity index (χ0v) is 10.2. The van der Waals surface area contributed by atoms with E-state index in [1.165, 1.54) is 5.56 Å². The van der Waals surface area contributed by atoms with Gasteiger partial charge in [0.1, 0.15) is 0 Å². The summed E-state index contributed by atoms with van der Waals surface area (Å²) in [7, 11) is 0. The van der Waals surface area contributed by atoms with Crippen molar-refractivity contribution in [1.82, 2.24) is 9.97 Å². The number of hydrogen-bond acceptors (Lipinski definition) is 3. The second-order valence-electron chi connectivity index (χ2n) is 3.63. The number of rotatable bonds is 3. The van der Waals surface area contributed by atoms with Crippen molar-refractivity contribution in [2.24, 2.45) is 0 Å². The van der Waals surface area contributed by atoms with E-state index in [1.54, 1.807) is 11.8 Å². The van der Waals surface area contributed by atoms with E-state index in [-0.39, 0.29) is 0 Å². The molecular weight excluding hydrogens is 216 g/mol. The fourth-order valence-electron chi connectivity index (χ4n) is 1.42. The molecule has 1 aromatic heterocycles. The Labute approximate surface area is 100 Å². The molecule has 0 spiro atoms. The van der Waals surface area contributed by atoms with Crippen molar-refractivity contribution in [1.29, 1.82) is 0 Å². The van der Waals surface area contributed by atoms with Crippen LogP contribution in [0.1, 0.15) is 17.0 Å². The molecular formula is C13H13N2S. The van der Waals surface area contributed by atoms with Gasteiger partial charge in [-0.2, -0.15) is 0 Å². The SMILES string of the molecule is Cc1cc(C)nc(SCc2cc[c]cc2)n1. The molecule has 2 nitrogen and oxygen atoms in total. The van der Waals surface area contributed by atoms with Gasteiger partial charge in [-0.05, 0) is 31.5 Å². The Morgan fingerprint density at radius 2 is 1.75 bits per heavy atom. The van der Waals surface area contributed by atoms with Gasteiger partial charge in [-0.15, -0.1) is 0 Å². The Morgan fingerprint density at radius 1 is 1.12 bits per heavy atom. The summed E-state index contributed by atoms with van der Waals surface area (Å²) in [4.78, 5) is 8.79. The van der Waals surface area contributed by atoms with Crippen LogP contribution in [0, 0.1) is 19.9 Å². The molecule has 81 valence electrons. The van der Waals surface area contributed by atoms with Gasteiger partial charge in [-0.1, -0.05) is 36.0 Å². The molecule has 0 aliphatic carbocycles. The highest BCUT2D eigenvalue weighted by Gasteiger charge is 2.00. The summed E-state index contributed by atoms with van der Waals surface area (Å²) in [5.41, 5.74) is 3.32. The first-order valence-electron chi connectivity index (χ1n) is 5.14. The van der Waals surface area contributed by atoms with Crippen LogP contribution in [0.15, 0.2) is 35.5 Å². The summed E-state index contributed by atoms with van der Waals surface area (Å²) in [5.74, 6) is 0.900. The monoisotopic (exact) mass is 229 g/mol. The zero-order valence-electron chi connectivity index (χ0n) is 9.40. The van der Waals surface area contributed by atoms with Crippen LogP contribution < -0.4 is 0 Å². The molecule has 1 radical (unpaired) electrons. The lowest BCUT2D eigenvalue weighted by Crippen LogP contribution is -1.93. The van der Waals surface area contributed by atoms with E-state index in [4.69, 9.17) is 0 Å². The van der Waals surface area contributed by atoms with Gasteiger partial charge >= 0.3 is 0 Å². The summed E-state index contributed by atoms with van der Waals surface area (Å²) < 4.78 is 0. The summed E-state index contributed by atoms with van der Waals surface area (Å²) in [6.07, 6.45) is 0. The largest absolute Gasteiger partial charge is 0.228 e.